The molecular weight excluding hydrogens is 92.1 g/mol. The summed E-state index contributed by atoms with van der Waals surface area (Å²) in [6.45, 7) is 3.48. The number of carboxylic acid groups (broad SMARTS) is 1. The van der Waals surface area contributed by atoms with E-state index < -0.39 is 11.4 Å². The van der Waals surface area contributed by atoms with Gasteiger partial charge in [0, 0.05) is 0 Å². The molecule has 0 aromatic carbocycles. The van der Waals surface area contributed by atoms with Gasteiger partial charge in [-0.2, -0.15) is 0 Å². The van der Waals surface area contributed by atoms with Crippen molar-refractivity contribution in [3.63, 3.8) is 0 Å². The molecule has 1 N–H and O–H groups in total. The van der Waals surface area contributed by atoms with E-state index in [0.717, 1.165) is 12.8 Å². The molecule has 0 aromatic rings. The number of aliphatic carboxylic acids is 1. The van der Waals surface area contributed by atoms with Crippen LogP contribution in [-0.4, -0.2) is 11.1 Å². The molecule has 0 bridgehead atoms. The van der Waals surface area contributed by atoms with E-state index >= 15 is 0 Å². The normalized spacial score (nSPS) is 24.1. The van der Waals surface area contributed by atoms with Crippen LogP contribution in [0.5, 0.6) is 0 Å². The third kappa shape index (κ3) is 0.601. The Labute approximate surface area is 42.1 Å². The molecule has 1 fully saturated rings. The smallest absolute Gasteiger partial charge is 0.309 e. The summed E-state index contributed by atoms with van der Waals surface area (Å²) in [7, 11) is 0. The molecule has 7 heavy (non-hydrogen) atoms. The van der Waals surface area contributed by atoms with Gasteiger partial charge >= 0.3 is 5.97 Å². The summed E-state index contributed by atoms with van der Waals surface area (Å²) in [6, 6.07) is 0. The predicted octanol–water partition coefficient (Wildman–Crippen LogP) is 0.685. The minimum Gasteiger partial charge on any atom is -0.481 e. The van der Waals surface area contributed by atoms with Crippen molar-refractivity contribution in [1.82, 2.24) is 0 Å². The molecule has 0 aliphatic heterocycles. The Hall–Kier alpha value is -0.530. The molecule has 0 amide bonds. The van der Waals surface area contributed by atoms with Crippen molar-refractivity contribution in [3.05, 3.63) is 6.92 Å². The van der Waals surface area contributed by atoms with Gasteiger partial charge in [-0.3, -0.25) is 4.79 Å². The molecule has 1 radical (unpaired) electrons. The van der Waals surface area contributed by atoms with E-state index in [-0.39, 0.29) is 0 Å². The lowest BCUT2D eigenvalue weighted by Gasteiger charge is -1.94. The van der Waals surface area contributed by atoms with E-state index in [2.05, 4.69) is 6.92 Å². The second-order valence-electron chi connectivity index (χ2n) is 2.09. The Bertz CT molecular complexity index is 103. The van der Waals surface area contributed by atoms with Gasteiger partial charge in [0.15, 0.2) is 0 Å². The second-order valence-corrected chi connectivity index (χ2v) is 2.09. The quantitative estimate of drug-likeness (QED) is 0.525. The Morgan fingerprint density at radius 1 is 1.71 bits per heavy atom. The van der Waals surface area contributed by atoms with Gasteiger partial charge in [-0.15, -0.1) is 0 Å². The summed E-state index contributed by atoms with van der Waals surface area (Å²) in [5.74, 6) is -0.757. The van der Waals surface area contributed by atoms with E-state index in [1.165, 1.54) is 0 Å². The lowest BCUT2D eigenvalue weighted by Crippen LogP contribution is -2.09. The largest absolute Gasteiger partial charge is 0.481 e. The first-order chi connectivity index (χ1) is 3.15. The average molecular weight is 99.1 g/mol. The molecule has 1 saturated carbocycles. The lowest BCUT2D eigenvalue weighted by molar-refractivity contribution is -0.141. The fraction of sp³-hybridized carbons (Fsp3) is 0.600. The van der Waals surface area contributed by atoms with E-state index in [1.807, 2.05) is 0 Å². The van der Waals surface area contributed by atoms with Crippen LogP contribution in [0.15, 0.2) is 0 Å². The van der Waals surface area contributed by atoms with Crippen molar-refractivity contribution >= 4 is 5.97 Å². The summed E-state index contributed by atoms with van der Waals surface area (Å²) < 4.78 is 0. The SMILES string of the molecule is [CH2]C1(C(=O)O)CC1. The summed E-state index contributed by atoms with van der Waals surface area (Å²) in [5, 5.41) is 8.25. The van der Waals surface area contributed by atoms with Crippen molar-refractivity contribution in [2.24, 2.45) is 5.41 Å². The number of hydrogen-bond donors (Lipinski definition) is 1. The third-order valence-electron chi connectivity index (χ3n) is 1.31. The van der Waals surface area contributed by atoms with Gasteiger partial charge in [-0.05, 0) is 19.8 Å². The van der Waals surface area contributed by atoms with Gasteiger partial charge in [-0.1, -0.05) is 0 Å². The maximum Gasteiger partial charge on any atom is 0.309 e. The molecule has 1 aliphatic rings. The number of hydrogen-bond acceptors (Lipinski definition) is 1. The van der Waals surface area contributed by atoms with Crippen molar-refractivity contribution in [1.29, 1.82) is 0 Å². The third-order valence-corrected chi connectivity index (χ3v) is 1.31. The van der Waals surface area contributed by atoms with E-state index in [9.17, 15) is 4.79 Å². The minimum atomic E-state index is -0.757. The van der Waals surface area contributed by atoms with E-state index in [1.54, 1.807) is 0 Å². The fourth-order valence-electron chi connectivity index (χ4n) is 0.365. The van der Waals surface area contributed by atoms with Crippen LogP contribution in [0.3, 0.4) is 0 Å². The summed E-state index contributed by atoms with van der Waals surface area (Å²) in [5.41, 5.74) is -0.583. The van der Waals surface area contributed by atoms with E-state index in [4.69, 9.17) is 5.11 Å². The molecule has 0 unspecified atom stereocenters. The monoisotopic (exact) mass is 99.0 g/mol. The Balaban J connectivity index is 2.55. The first-order valence-corrected chi connectivity index (χ1v) is 2.24. The van der Waals surface area contributed by atoms with Crippen LogP contribution in [0, 0.1) is 12.3 Å². The number of carbonyl (C=O) groups is 1. The van der Waals surface area contributed by atoms with Crippen LogP contribution in [0.1, 0.15) is 12.8 Å². The molecule has 1 rings (SSSR count). The van der Waals surface area contributed by atoms with Gasteiger partial charge in [0.1, 0.15) is 0 Å². The molecule has 0 saturated heterocycles. The highest BCUT2D eigenvalue weighted by Crippen LogP contribution is 2.44. The van der Waals surface area contributed by atoms with Crippen LogP contribution in [0.25, 0.3) is 0 Å². The fourth-order valence-corrected chi connectivity index (χ4v) is 0.365. The summed E-state index contributed by atoms with van der Waals surface area (Å²) >= 11 is 0. The lowest BCUT2D eigenvalue weighted by atomic mass is 10.2. The van der Waals surface area contributed by atoms with Crippen LogP contribution < -0.4 is 0 Å². The van der Waals surface area contributed by atoms with Gasteiger partial charge in [-0.25, -0.2) is 0 Å². The van der Waals surface area contributed by atoms with Gasteiger partial charge < -0.3 is 5.11 Å². The average Bonchev–Trinajstić information content (AvgIpc) is 2.21. The van der Waals surface area contributed by atoms with Crippen molar-refractivity contribution in [2.75, 3.05) is 0 Å². The molecule has 0 atom stereocenters. The Kier molecular flexibility index (Phi) is 0.659. The van der Waals surface area contributed by atoms with Crippen LogP contribution in [-0.2, 0) is 4.79 Å². The second kappa shape index (κ2) is 0.997. The van der Waals surface area contributed by atoms with Crippen molar-refractivity contribution in [2.45, 2.75) is 12.8 Å². The first-order valence-electron chi connectivity index (χ1n) is 2.24. The maximum absolute atomic E-state index is 10.0. The van der Waals surface area contributed by atoms with Crippen molar-refractivity contribution < 1.29 is 9.90 Å². The van der Waals surface area contributed by atoms with Crippen molar-refractivity contribution in [3.8, 4) is 0 Å². The minimum absolute atomic E-state index is 0.583. The number of carboxylic acids is 1. The molecule has 2 heteroatoms. The molecule has 0 heterocycles. The predicted molar refractivity (Wildman–Crippen MR) is 24.7 cm³/mol. The highest BCUT2D eigenvalue weighted by molar-refractivity contribution is 5.78. The summed E-state index contributed by atoms with van der Waals surface area (Å²) in [4.78, 5) is 10.0. The van der Waals surface area contributed by atoms with Crippen LogP contribution in [0.4, 0.5) is 0 Å². The molecule has 0 spiro atoms. The standard InChI is InChI=1S/C5H7O2/c1-5(2-3-5)4(6)7/h1-3H2,(H,6,7). The molecular formula is C5H7O2. The number of rotatable bonds is 1. The Morgan fingerprint density at radius 3 is 2.14 bits per heavy atom. The van der Waals surface area contributed by atoms with Crippen LogP contribution >= 0.6 is 0 Å². The molecule has 2 nitrogen and oxygen atoms in total. The first kappa shape index (κ1) is 4.62. The molecule has 39 valence electrons. The Morgan fingerprint density at radius 2 is 2.14 bits per heavy atom. The zero-order valence-corrected chi connectivity index (χ0v) is 3.98. The topological polar surface area (TPSA) is 37.3 Å². The van der Waals surface area contributed by atoms with Gasteiger partial charge in [0.05, 0.1) is 5.41 Å². The molecule has 1 aliphatic carbocycles. The van der Waals surface area contributed by atoms with E-state index in [0.29, 0.717) is 0 Å². The van der Waals surface area contributed by atoms with Gasteiger partial charge in [0.25, 0.3) is 0 Å². The molecule has 0 aromatic heterocycles. The highest BCUT2D eigenvalue weighted by Gasteiger charge is 2.45. The zero-order valence-electron chi connectivity index (χ0n) is 3.98. The summed E-state index contributed by atoms with van der Waals surface area (Å²) in [6.07, 6.45) is 1.50. The zero-order chi connectivity index (χ0) is 5.49. The maximum atomic E-state index is 10.0. The van der Waals surface area contributed by atoms with Gasteiger partial charge in [0.2, 0.25) is 0 Å². The van der Waals surface area contributed by atoms with Crippen LogP contribution in [0.2, 0.25) is 0 Å². The highest BCUT2D eigenvalue weighted by atomic mass is 16.4.